The van der Waals surface area contributed by atoms with Gasteiger partial charge >= 0.3 is 0 Å². The van der Waals surface area contributed by atoms with E-state index in [1.54, 1.807) is 0 Å². The van der Waals surface area contributed by atoms with Gasteiger partial charge in [-0.25, -0.2) is 0 Å². The highest BCUT2D eigenvalue weighted by Crippen LogP contribution is 2.28. The Bertz CT molecular complexity index is 400. The summed E-state index contributed by atoms with van der Waals surface area (Å²) >= 11 is 0. The van der Waals surface area contributed by atoms with Gasteiger partial charge in [0, 0.05) is 19.2 Å². The predicted molar refractivity (Wildman–Crippen MR) is 88.6 cm³/mol. The van der Waals surface area contributed by atoms with Crippen molar-refractivity contribution in [1.29, 1.82) is 0 Å². The molecule has 2 rings (SSSR count). The van der Waals surface area contributed by atoms with Crippen LogP contribution in [0.25, 0.3) is 0 Å². The van der Waals surface area contributed by atoms with Crippen molar-refractivity contribution in [3.05, 3.63) is 35.4 Å². The minimum atomic E-state index is 0.431. The molecule has 1 unspecified atom stereocenters. The number of nitrogens with one attached hydrogen (secondary N) is 1. The zero-order valence-electron chi connectivity index (χ0n) is 13.8. The van der Waals surface area contributed by atoms with E-state index in [4.69, 9.17) is 4.74 Å². The average Bonchev–Trinajstić information content (AvgIpc) is 3.30. The molecular formula is C18H30N2O. The van der Waals surface area contributed by atoms with Crippen molar-refractivity contribution >= 4 is 0 Å². The van der Waals surface area contributed by atoms with Crippen LogP contribution in [-0.2, 0) is 4.74 Å². The summed E-state index contributed by atoms with van der Waals surface area (Å²) in [5, 5.41) is 3.43. The summed E-state index contributed by atoms with van der Waals surface area (Å²) in [4.78, 5) is 2.37. The van der Waals surface area contributed by atoms with E-state index in [1.165, 1.54) is 24.0 Å². The molecule has 0 bridgehead atoms. The number of benzene rings is 1. The summed E-state index contributed by atoms with van der Waals surface area (Å²) in [6.45, 7) is 6.08. The van der Waals surface area contributed by atoms with Crippen LogP contribution in [0.15, 0.2) is 24.3 Å². The van der Waals surface area contributed by atoms with E-state index in [1.807, 2.05) is 7.05 Å². The van der Waals surface area contributed by atoms with Crippen molar-refractivity contribution < 1.29 is 4.74 Å². The number of ether oxygens (including phenoxy) is 1. The maximum atomic E-state index is 5.70. The Kier molecular flexibility index (Phi) is 6.68. The maximum Gasteiger partial charge on any atom is 0.0593 e. The molecule has 0 aromatic heterocycles. The monoisotopic (exact) mass is 290 g/mol. The molecule has 1 fully saturated rings. The second-order valence-electron chi connectivity index (χ2n) is 6.36. The van der Waals surface area contributed by atoms with E-state index in [0.717, 1.165) is 38.6 Å². The summed E-state index contributed by atoms with van der Waals surface area (Å²) in [5.41, 5.74) is 2.69. The molecule has 0 saturated heterocycles. The molecule has 118 valence electrons. The van der Waals surface area contributed by atoms with E-state index in [0.29, 0.717) is 6.04 Å². The van der Waals surface area contributed by atoms with E-state index in [9.17, 15) is 0 Å². The van der Waals surface area contributed by atoms with E-state index in [-0.39, 0.29) is 0 Å². The van der Waals surface area contributed by atoms with Gasteiger partial charge in [0.2, 0.25) is 0 Å². The van der Waals surface area contributed by atoms with Crippen molar-refractivity contribution in [3.63, 3.8) is 0 Å². The highest BCUT2D eigenvalue weighted by Gasteiger charge is 2.21. The molecule has 3 heteroatoms. The quantitative estimate of drug-likeness (QED) is 0.670. The third kappa shape index (κ3) is 6.16. The van der Waals surface area contributed by atoms with Gasteiger partial charge in [0.15, 0.2) is 0 Å². The number of aryl methyl sites for hydroxylation is 1. The van der Waals surface area contributed by atoms with E-state index >= 15 is 0 Å². The van der Waals surface area contributed by atoms with Crippen molar-refractivity contribution in [2.24, 2.45) is 5.92 Å². The fraction of sp³-hybridized carbons (Fsp3) is 0.667. The lowest BCUT2D eigenvalue weighted by atomic mass is 10.0. The van der Waals surface area contributed by atoms with Gasteiger partial charge in [-0.05, 0) is 58.3 Å². The largest absolute Gasteiger partial charge is 0.380 e. The number of hydrogen-bond donors (Lipinski definition) is 1. The van der Waals surface area contributed by atoms with Crippen LogP contribution in [0.4, 0.5) is 0 Å². The molecule has 1 aliphatic carbocycles. The smallest absolute Gasteiger partial charge is 0.0593 e. The number of hydrogen-bond acceptors (Lipinski definition) is 3. The van der Waals surface area contributed by atoms with Crippen LogP contribution in [0, 0.1) is 12.8 Å². The van der Waals surface area contributed by atoms with Crippen LogP contribution < -0.4 is 5.32 Å². The van der Waals surface area contributed by atoms with Gasteiger partial charge in [0.05, 0.1) is 6.61 Å². The highest BCUT2D eigenvalue weighted by molar-refractivity contribution is 5.24. The number of likely N-dealkylation sites (N-methyl/N-ethyl adjacent to an activating group) is 1. The summed E-state index contributed by atoms with van der Waals surface area (Å²) in [5.74, 6) is 0.866. The highest BCUT2D eigenvalue weighted by atomic mass is 16.5. The molecule has 3 nitrogen and oxygen atoms in total. The fourth-order valence-electron chi connectivity index (χ4n) is 2.49. The van der Waals surface area contributed by atoms with Gasteiger partial charge in [-0.15, -0.1) is 0 Å². The van der Waals surface area contributed by atoms with Crippen molar-refractivity contribution in [1.82, 2.24) is 10.2 Å². The minimum absolute atomic E-state index is 0.431. The van der Waals surface area contributed by atoms with Gasteiger partial charge in [0.25, 0.3) is 0 Å². The van der Waals surface area contributed by atoms with Crippen LogP contribution in [-0.4, -0.2) is 45.3 Å². The molecule has 1 aromatic rings. The Labute approximate surface area is 129 Å². The molecule has 1 N–H and O–H groups in total. The summed E-state index contributed by atoms with van der Waals surface area (Å²) < 4.78 is 5.70. The number of nitrogens with zero attached hydrogens (tertiary/aromatic N) is 1. The molecule has 0 amide bonds. The van der Waals surface area contributed by atoms with Crippen LogP contribution in [0.3, 0.4) is 0 Å². The topological polar surface area (TPSA) is 24.5 Å². The Hall–Kier alpha value is -0.900. The van der Waals surface area contributed by atoms with Gasteiger partial charge in [-0.3, -0.25) is 0 Å². The first-order valence-corrected chi connectivity index (χ1v) is 8.19. The third-order valence-corrected chi connectivity index (χ3v) is 4.30. The molecule has 1 saturated carbocycles. The Morgan fingerprint density at radius 2 is 1.95 bits per heavy atom. The normalized spacial score (nSPS) is 16.4. The Balaban J connectivity index is 1.65. The van der Waals surface area contributed by atoms with Gasteiger partial charge in [0.1, 0.15) is 0 Å². The molecule has 1 atom stereocenters. The van der Waals surface area contributed by atoms with Crippen molar-refractivity contribution in [3.8, 4) is 0 Å². The minimum Gasteiger partial charge on any atom is -0.380 e. The molecule has 0 heterocycles. The lowest BCUT2D eigenvalue weighted by molar-refractivity contribution is 0.102. The first-order valence-electron chi connectivity index (χ1n) is 8.19. The zero-order chi connectivity index (χ0) is 15.1. The van der Waals surface area contributed by atoms with Crippen LogP contribution >= 0.6 is 0 Å². The third-order valence-electron chi connectivity index (χ3n) is 4.30. The van der Waals surface area contributed by atoms with Crippen LogP contribution in [0.2, 0.25) is 0 Å². The SMILES string of the molecule is CNC(CCN(C)CCOCC1CC1)c1ccc(C)cc1. The Morgan fingerprint density at radius 3 is 2.57 bits per heavy atom. The van der Waals surface area contributed by atoms with Crippen molar-refractivity contribution in [2.75, 3.05) is 40.4 Å². The molecule has 0 spiro atoms. The average molecular weight is 290 g/mol. The molecule has 1 aliphatic rings. The lowest BCUT2D eigenvalue weighted by Crippen LogP contribution is -2.28. The second kappa shape index (κ2) is 8.52. The standard InChI is InChI=1S/C18H30N2O/c1-15-4-8-17(9-5-15)18(19-2)10-11-20(3)12-13-21-14-16-6-7-16/h4-5,8-9,16,18-19H,6-7,10-14H2,1-3H3. The van der Waals surface area contributed by atoms with Gasteiger partial charge in [-0.2, -0.15) is 0 Å². The first kappa shape index (κ1) is 16.5. The fourth-order valence-corrected chi connectivity index (χ4v) is 2.49. The van der Waals surface area contributed by atoms with Crippen LogP contribution in [0.1, 0.15) is 36.4 Å². The van der Waals surface area contributed by atoms with Gasteiger partial charge in [-0.1, -0.05) is 29.8 Å². The molecule has 1 aromatic carbocycles. The summed E-state index contributed by atoms with van der Waals surface area (Å²) in [7, 11) is 4.23. The first-order chi connectivity index (χ1) is 10.2. The molecule has 0 aliphatic heterocycles. The van der Waals surface area contributed by atoms with Gasteiger partial charge < -0.3 is 15.0 Å². The van der Waals surface area contributed by atoms with E-state index in [2.05, 4.69) is 48.5 Å². The van der Waals surface area contributed by atoms with E-state index < -0.39 is 0 Å². The maximum absolute atomic E-state index is 5.70. The molecular weight excluding hydrogens is 260 g/mol. The second-order valence-corrected chi connectivity index (χ2v) is 6.36. The summed E-state index contributed by atoms with van der Waals surface area (Å²) in [6.07, 6.45) is 3.87. The zero-order valence-corrected chi connectivity index (χ0v) is 13.8. The summed E-state index contributed by atoms with van der Waals surface area (Å²) in [6, 6.07) is 9.27. The molecule has 21 heavy (non-hydrogen) atoms. The van der Waals surface area contributed by atoms with Crippen LogP contribution in [0.5, 0.6) is 0 Å². The molecule has 0 radical (unpaired) electrons. The predicted octanol–water partition coefficient (Wildman–Crippen LogP) is 3.00. The van der Waals surface area contributed by atoms with Crippen molar-refractivity contribution in [2.45, 2.75) is 32.2 Å². The Morgan fingerprint density at radius 1 is 1.24 bits per heavy atom. The number of rotatable bonds is 10. The lowest BCUT2D eigenvalue weighted by Gasteiger charge is -2.22.